The van der Waals surface area contributed by atoms with E-state index < -0.39 is 12.1 Å². The van der Waals surface area contributed by atoms with Crippen LogP contribution in [-0.4, -0.2) is 47.4 Å². The van der Waals surface area contributed by atoms with Gasteiger partial charge >= 0.3 is 5.97 Å². The molecule has 0 aliphatic rings. The first-order chi connectivity index (χ1) is 32.0. The minimum atomic E-state index is -0.672. The number of aliphatic hydroxyl groups is 2. The highest BCUT2D eigenvalue weighted by Crippen LogP contribution is 2.17. The Hall–Kier alpha value is -1.66. The fourth-order valence-corrected chi connectivity index (χ4v) is 8.98. The second kappa shape index (κ2) is 54.9. The minimum absolute atomic E-state index is 0.00892. The Bertz CT molecular complexity index is 1010. The highest BCUT2D eigenvalue weighted by molar-refractivity contribution is 5.76. The fourth-order valence-electron chi connectivity index (χ4n) is 8.98. The van der Waals surface area contributed by atoms with Gasteiger partial charge in [-0.15, -0.1) is 0 Å². The lowest BCUT2D eigenvalue weighted by atomic mass is 10.0. The van der Waals surface area contributed by atoms with Gasteiger partial charge in [-0.25, -0.2) is 0 Å². The molecule has 0 fully saturated rings. The molecule has 0 aromatic carbocycles. The SMILES string of the molecule is CCCCCCCCC/C=C\CCCCCCCC(=O)OCCCCCCCC/C=C\CCCCCCCCCC(=O)NC(CO)C(O)CCCCCCCCCCCCCCCCC. The summed E-state index contributed by atoms with van der Waals surface area (Å²) in [5.41, 5.74) is 0. The van der Waals surface area contributed by atoms with Gasteiger partial charge in [0.15, 0.2) is 0 Å². The van der Waals surface area contributed by atoms with E-state index in [1.54, 1.807) is 0 Å². The van der Waals surface area contributed by atoms with Gasteiger partial charge in [0.05, 0.1) is 25.4 Å². The number of carbonyl (C=O) groups is 2. The Morgan fingerprint density at radius 1 is 0.415 bits per heavy atom. The molecule has 6 heteroatoms. The first kappa shape index (κ1) is 63.3. The summed E-state index contributed by atoms with van der Waals surface area (Å²) in [5.74, 6) is -0.0549. The van der Waals surface area contributed by atoms with Crippen LogP contribution >= 0.6 is 0 Å². The average molecular weight is 917 g/mol. The van der Waals surface area contributed by atoms with E-state index in [0.29, 0.717) is 25.9 Å². The molecule has 2 unspecified atom stereocenters. The monoisotopic (exact) mass is 916 g/mol. The van der Waals surface area contributed by atoms with Gasteiger partial charge in [-0.3, -0.25) is 9.59 Å². The van der Waals surface area contributed by atoms with Crippen molar-refractivity contribution in [3.05, 3.63) is 24.3 Å². The number of aliphatic hydroxyl groups excluding tert-OH is 2. The zero-order valence-electron chi connectivity index (χ0n) is 43.7. The van der Waals surface area contributed by atoms with Crippen LogP contribution in [0.25, 0.3) is 0 Å². The van der Waals surface area contributed by atoms with Crippen LogP contribution in [0.5, 0.6) is 0 Å². The van der Waals surface area contributed by atoms with Crippen molar-refractivity contribution in [1.82, 2.24) is 5.32 Å². The average Bonchev–Trinajstić information content (AvgIpc) is 3.31. The third-order valence-corrected chi connectivity index (χ3v) is 13.5. The number of hydrogen-bond donors (Lipinski definition) is 3. The van der Waals surface area contributed by atoms with Crippen molar-refractivity contribution in [3.8, 4) is 0 Å². The number of allylic oxidation sites excluding steroid dienone is 4. The molecule has 0 spiro atoms. The van der Waals surface area contributed by atoms with Gasteiger partial charge in [-0.05, 0) is 77.0 Å². The number of ether oxygens (including phenoxy) is 1. The lowest BCUT2D eigenvalue weighted by Gasteiger charge is -2.22. The van der Waals surface area contributed by atoms with Crippen LogP contribution in [0.2, 0.25) is 0 Å². The molecule has 1 amide bonds. The molecule has 0 saturated heterocycles. The van der Waals surface area contributed by atoms with E-state index in [9.17, 15) is 19.8 Å². The largest absolute Gasteiger partial charge is 0.466 e. The second-order valence-electron chi connectivity index (χ2n) is 20.0. The summed E-state index contributed by atoms with van der Waals surface area (Å²) < 4.78 is 5.47. The third kappa shape index (κ3) is 51.6. The summed E-state index contributed by atoms with van der Waals surface area (Å²) in [5, 5.41) is 23.3. The van der Waals surface area contributed by atoms with Crippen molar-refractivity contribution in [1.29, 1.82) is 0 Å². The molecule has 2 atom stereocenters. The zero-order valence-corrected chi connectivity index (χ0v) is 43.7. The Morgan fingerprint density at radius 2 is 0.723 bits per heavy atom. The van der Waals surface area contributed by atoms with Crippen LogP contribution in [0.15, 0.2) is 24.3 Å². The standard InChI is InChI=1S/C59H113NO5/c1-3-5-7-9-11-13-15-17-19-25-29-33-37-41-45-49-53-59(64)65-54-50-46-42-38-34-30-26-22-20-21-24-28-32-36-40-44-48-52-58(63)60-56(55-61)57(62)51-47-43-39-35-31-27-23-18-16-14-12-10-8-6-4-2/h19-20,22,25,56-57,61-62H,3-18,21,23-24,26-55H2,1-2H3,(H,60,63)/b22-20-,25-19-. The smallest absolute Gasteiger partial charge is 0.305 e. The Morgan fingerprint density at radius 3 is 1.09 bits per heavy atom. The number of amides is 1. The van der Waals surface area contributed by atoms with Gasteiger partial charge in [-0.2, -0.15) is 0 Å². The number of hydrogen-bond acceptors (Lipinski definition) is 5. The van der Waals surface area contributed by atoms with Crippen molar-refractivity contribution in [2.24, 2.45) is 0 Å². The first-order valence-electron chi connectivity index (χ1n) is 29.1. The van der Waals surface area contributed by atoms with Crippen molar-refractivity contribution in [2.45, 2.75) is 328 Å². The van der Waals surface area contributed by atoms with Crippen molar-refractivity contribution < 1.29 is 24.5 Å². The predicted octanol–water partition coefficient (Wildman–Crippen LogP) is 17.9. The molecule has 0 rings (SSSR count). The second-order valence-corrected chi connectivity index (χ2v) is 20.0. The third-order valence-electron chi connectivity index (χ3n) is 13.5. The summed E-state index contributed by atoms with van der Waals surface area (Å²) in [4.78, 5) is 24.5. The zero-order chi connectivity index (χ0) is 47.2. The molecule has 384 valence electrons. The van der Waals surface area contributed by atoms with Crippen molar-refractivity contribution in [3.63, 3.8) is 0 Å². The number of carbonyl (C=O) groups excluding carboxylic acids is 2. The Balaban J connectivity index is 3.45. The van der Waals surface area contributed by atoms with Crippen LogP contribution in [0, 0.1) is 0 Å². The van der Waals surface area contributed by atoms with E-state index in [4.69, 9.17) is 4.74 Å². The van der Waals surface area contributed by atoms with Crippen molar-refractivity contribution in [2.75, 3.05) is 13.2 Å². The Labute approximate surface area is 405 Å². The fraction of sp³-hybridized carbons (Fsp3) is 0.898. The molecular formula is C59H113NO5. The minimum Gasteiger partial charge on any atom is -0.466 e. The van der Waals surface area contributed by atoms with Crippen LogP contribution in [0.1, 0.15) is 316 Å². The van der Waals surface area contributed by atoms with E-state index in [1.165, 1.54) is 225 Å². The first-order valence-corrected chi connectivity index (χ1v) is 29.1. The summed E-state index contributed by atoms with van der Waals surface area (Å²) in [6, 6.07) is -0.550. The molecule has 0 saturated carbocycles. The van der Waals surface area contributed by atoms with Gasteiger partial charge in [-0.1, -0.05) is 250 Å². The molecule has 0 aromatic heterocycles. The van der Waals surface area contributed by atoms with Crippen LogP contribution < -0.4 is 5.32 Å². The molecular weight excluding hydrogens is 803 g/mol. The van der Waals surface area contributed by atoms with E-state index in [0.717, 1.165) is 57.8 Å². The van der Waals surface area contributed by atoms with E-state index >= 15 is 0 Å². The van der Waals surface area contributed by atoms with Crippen LogP contribution in [0.3, 0.4) is 0 Å². The van der Waals surface area contributed by atoms with Gasteiger partial charge in [0.1, 0.15) is 0 Å². The summed E-state index contributed by atoms with van der Waals surface area (Å²) >= 11 is 0. The van der Waals surface area contributed by atoms with E-state index in [-0.39, 0.29) is 18.5 Å². The molecule has 3 N–H and O–H groups in total. The summed E-state index contributed by atoms with van der Waals surface area (Å²) in [6.45, 7) is 4.94. The Kier molecular flexibility index (Phi) is 53.5. The maximum absolute atomic E-state index is 12.5. The number of rotatable bonds is 54. The quantitative estimate of drug-likeness (QED) is 0.0321. The van der Waals surface area contributed by atoms with Crippen molar-refractivity contribution >= 4 is 11.9 Å². The lowest BCUT2D eigenvalue weighted by molar-refractivity contribution is -0.143. The maximum atomic E-state index is 12.5. The lowest BCUT2D eigenvalue weighted by Crippen LogP contribution is -2.45. The number of unbranched alkanes of at least 4 members (excludes halogenated alkanes) is 39. The molecule has 6 nitrogen and oxygen atoms in total. The van der Waals surface area contributed by atoms with Gasteiger partial charge < -0.3 is 20.3 Å². The summed E-state index contributed by atoms with van der Waals surface area (Å²) in [6.07, 6.45) is 65.9. The maximum Gasteiger partial charge on any atom is 0.305 e. The topological polar surface area (TPSA) is 95.9 Å². The molecule has 0 aliphatic carbocycles. The highest BCUT2D eigenvalue weighted by atomic mass is 16.5. The highest BCUT2D eigenvalue weighted by Gasteiger charge is 2.20. The molecule has 0 aromatic rings. The predicted molar refractivity (Wildman–Crippen MR) is 283 cm³/mol. The van der Waals surface area contributed by atoms with E-state index in [1.807, 2.05) is 0 Å². The molecule has 0 aliphatic heterocycles. The van der Waals surface area contributed by atoms with Gasteiger partial charge in [0, 0.05) is 12.8 Å². The molecule has 0 heterocycles. The normalized spacial score (nSPS) is 12.7. The summed E-state index contributed by atoms with van der Waals surface area (Å²) in [7, 11) is 0. The number of nitrogens with one attached hydrogen (secondary N) is 1. The van der Waals surface area contributed by atoms with Crippen LogP contribution in [-0.2, 0) is 14.3 Å². The van der Waals surface area contributed by atoms with Gasteiger partial charge in [0.25, 0.3) is 0 Å². The van der Waals surface area contributed by atoms with E-state index in [2.05, 4.69) is 43.5 Å². The number of esters is 1. The molecule has 65 heavy (non-hydrogen) atoms. The van der Waals surface area contributed by atoms with Crippen LogP contribution in [0.4, 0.5) is 0 Å². The van der Waals surface area contributed by atoms with Gasteiger partial charge in [0.2, 0.25) is 5.91 Å². The molecule has 0 bridgehead atoms. The molecule has 0 radical (unpaired) electrons.